The van der Waals surface area contributed by atoms with E-state index in [1.807, 2.05) is 0 Å². The minimum Gasteiger partial charge on any atom is -0.393 e. The standard InChI is InChI=1S/C20H32O/c1-20(2,3)18-13-14-19(21)17(15-18)12-8-7-11-16-9-5-4-6-10-16/h4-6,9-10,17-19,21H,7-8,11-15H2,1-3H3. The minimum atomic E-state index is -0.0553. The molecule has 0 aliphatic heterocycles. The van der Waals surface area contributed by atoms with Gasteiger partial charge in [0, 0.05) is 0 Å². The molecule has 1 aromatic rings. The minimum absolute atomic E-state index is 0.0553. The van der Waals surface area contributed by atoms with Crippen LogP contribution in [0.15, 0.2) is 30.3 Å². The third-order valence-corrected chi connectivity index (χ3v) is 5.30. The van der Waals surface area contributed by atoms with Crippen LogP contribution in [0.2, 0.25) is 0 Å². The van der Waals surface area contributed by atoms with Gasteiger partial charge < -0.3 is 5.11 Å². The van der Waals surface area contributed by atoms with Crippen LogP contribution < -0.4 is 0 Å². The van der Waals surface area contributed by atoms with Crippen molar-refractivity contribution in [2.45, 2.75) is 71.8 Å². The Bertz CT molecular complexity index is 404. The Hall–Kier alpha value is -0.820. The molecule has 1 N–H and O–H groups in total. The molecule has 1 aliphatic rings. The van der Waals surface area contributed by atoms with Gasteiger partial charge in [-0.25, -0.2) is 0 Å². The molecular formula is C20H32O. The van der Waals surface area contributed by atoms with Gasteiger partial charge in [0.05, 0.1) is 6.10 Å². The smallest absolute Gasteiger partial charge is 0.0568 e. The van der Waals surface area contributed by atoms with Crippen LogP contribution in [0.4, 0.5) is 0 Å². The van der Waals surface area contributed by atoms with Crippen molar-refractivity contribution in [2.75, 3.05) is 0 Å². The van der Waals surface area contributed by atoms with Crippen molar-refractivity contribution in [1.82, 2.24) is 0 Å². The van der Waals surface area contributed by atoms with Crippen molar-refractivity contribution < 1.29 is 5.11 Å². The highest BCUT2D eigenvalue weighted by atomic mass is 16.3. The van der Waals surface area contributed by atoms with Crippen molar-refractivity contribution >= 4 is 0 Å². The van der Waals surface area contributed by atoms with Crippen LogP contribution in [0, 0.1) is 17.3 Å². The Morgan fingerprint density at radius 3 is 2.43 bits per heavy atom. The monoisotopic (exact) mass is 288 g/mol. The van der Waals surface area contributed by atoms with E-state index in [0.717, 1.165) is 12.3 Å². The second kappa shape index (κ2) is 7.45. The molecule has 0 amide bonds. The first kappa shape index (κ1) is 16.5. The number of benzene rings is 1. The lowest BCUT2D eigenvalue weighted by molar-refractivity contribution is 0.0149. The molecule has 118 valence electrons. The molecule has 1 nitrogen and oxygen atoms in total. The number of aryl methyl sites for hydroxylation is 1. The van der Waals surface area contributed by atoms with E-state index in [0.29, 0.717) is 11.3 Å². The highest BCUT2D eigenvalue weighted by Crippen LogP contribution is 2.41. The van der Waals surface area contributed by atoms with E-state index in [9.17, 15) is 5.11 Å². The number of aliphatic hydroxyl groups excluding tert-OH is 1. The van der Waals surface area contributed by atoms with Gasteiger partial charge in [-0.1, -0.05) is 57.5 Å². The van der Waals surface area contributed by atoms with Crippen LogP contribution in [0.25, 0.3) is 0 Å². The topological polar surface area (TPSA) is 20.2 Å². The lowest BCUT2D eigenvalue weighted by Crippen LogP contribution is -2.34. The van der Waals surface area contributed by atoms with E-state index >= 15 is 0 Å². The van der Waals surface area contributed by atoms with Gasteiger partial charge in [0.15, 0.2) is 0 Å². The summed E-state index contributed by atoms with van der Waals surface area (Å²) >= 11 is 0. The summed E-state index contributed by atoms with van der Waals surface area (Å²) in [6.45, 7) is 7.05. The largest absolute Gasteiger partial charge is 0.393 e. The van der Waals surface area contributed by atoms with Gasteiger partial charge in [0.25, 0.3) is 0 Å². The average molecular weight is 288 g/mol. The number of aliphatic hydroxyl groups is 1. The van der Waals surface area contributed by atoms with Crippen molar-refractivity contribution in [3.8, 4) is 0 Å². The number of hydrogen-bond donors (Lipinski definition) is 1. The summed E-state index contributed by atoms with van der Waals surface area (Å²) < 4.78 is 0. The summed E-state index contributed by atoms with van der Waals surface area (Å²) in [7, 11) is 0. The normalized spacial score (nSPS) is 26.8. The fourth-order valence-electron chi connectivity index (χ4n) is 3.73. The quantitative estimate of drug-likeness (QED) is 0.736. The van der Waals surface area contributed by atoms with Gasteiger partial charge in [0.1, 0.15) is 0 Å². The van der Waals surface area contributed by atoms with E-state index < -0.39 is 0 Å². The molecule has 1 aliphatic carbocycles. The van der Waals surface area contributed by atoms with Crippen LogP contribution in [0.5, 0.6) is 0 Å². The summed E-state index contributed by atoms with van der Waals surface area (Å²) in [5.41, 5.74) is 1.83. The highest BCUT2D eigenvalue weighted by molar-refractivity contribution is 5.14. The van der Waals surface area contributed by atoms with Crippen LogP contribution in [0.1, 0.15) is 64.9 Å². The lowest BCUT2D eigenvalue weighted by atomic mass is 9.67. The lowest BCUT2D eigenvalue weighted by Gasteiger charge is -2.40. The maximum atomic E-state index is 10.3. The predicted molar refractivity (Wildman–Crippen MR) is 90.3 cm³/mol. The van der Waals surface area contributed by atoms with Gasteiger partial charge in [-0.3, -0.25) is 0 Å². The van der Waals surface area contributed by atoms with E-state index in [2.05, 4.69) is 51.1 Å². The summed E-state index contributed by atoms with van der Waals surface area (Å²) in [6, 6.07) is 10.7. The van der Waals surface area contributed by atoms with Crippen LogP contribution >= 0.6 is 0 Å². The summed E-state index contributed by atoms with van der Waals surface area (Å²) in [5.74, 6) is 1.30. The maximum absolute atomic E-state index is 10.3. The third-order valence-electron chi connectivity index (χ3n) is 5.30. The third kappa shape index (κ3) is 5.14. The van der Waals surface area contributed by atoms with Crippen molar-refractivity contribution in [3.63, 3.8) is 0 Å². The van der Waals surface area contributed by atoms with Crippen LogP contribution in [0.3, 0.4) is 0 Å². The predicted octanol–water partition coefficient (Wildman–Crippen LogP) is 5.22. The number of hydrogen-bond acceptors (Lipinski definition) is 1. The first-order chi connectivity index (χ1) is 9.97. The second-order valence-electron chi connectivity index (χ2n) is 7.93. The number of rotatable bonds is 5. The van der Waals surface area contributed by atoms with Gasteiger partial charge >= 0.3 is 0 Å². The van der Waals surface area contributed by atoms with E-state index in [1.165, 1.54) is 44.1 Å². The van der Waals surface area contributed by atoms with Gasteiger partial charge in [-0.05, 0) is 61.3 Å². The molecule has 0 aromatic heterocycles. The zero-order valence-electron chi connectivity index (χ0n) is 14.0. The molecule has 2 rings (SSSR count). The Morgan fingerprint density at radius 2 is 1.76 bits per heavy atom. The van der Waals surface area contributed by atoms with Crippen LogP contribution in [-0.4, -0.2) is 11.2 Å². The molecule has 0 heterocycles. The Balaban J connectivity index is 1.73. The van der Waals surface area contributed by atoms with E-state index in [-0.39, 0.29) is 6.10 Å². The Labute approximate surface area is 130 Å². The fourth-order valence-corrected chi connectivity index (χ4v) is 3.73. The van der Waals surface area contributed by atoms with Crippen molar-refractivity contribution in [3.05, 3.63) is 35.9 Å². The molecule has 0 bridgehead atoms. The molecule has 21 heavy (non-hydrogen) atoms. The molecule has 0 radical (unpaired) electrons. The Kier molecular flexibility index (Phi) is 5.87. The van der Waals surface area contributed by atoms with Gasteiger partial charge in [0.2, 0.25) is 0 Å². The first-order valence-corrected chi connectivity index (χ1v) is 8.69. The molecule has 3 atom stereocenters. The maximum Gasteiger partial charge on any atom is 0.0568 e. The van der Waals surface area contributed by atoms with Crippen LogP contribution in [-0.2, 0) is 6.42 Å². The molecule has 3 unspecified atom stereocenters. The molecule has 1 aromatic carbocycles. The van der Waals surface area contributed by atoms with E-state index in [1.54, 1.807) is 0 Å². The average Bonchev–Trinajstić information content (AvgIpc) is 2.45. The van der Waals surface area contributed by atoms with Gasteiger partial charge in [-0.15, -0.1) is 0 Å². The van der Waals surface area contributed by atoms with E-state index in [4.69, 9.17) is 0 Å². The molecule has 1 saturated carbocycles. The second-order valence-corrected chi connectivity index (χ2v) is 7.93. The molecule has 1 fully saturated rings. The molecule has 1 heteroatoms. The summed E-state index contributed by atoms with van der Waals surface area (Å²) in [5, 5.41) is 10.3. The van der Waals surface area contributed by atoms with Crippen molar-refractivity contribution in [1.29, 1.82) is 0 Å². The first-order valence-electron chi connectivity index (χ1n) is 8.69. The molecule has 0 saturated heterocycles. The fraction of sp³-hybridized carbons (Fsp3) is 0.700. The van der Waals surface area contributed by atoms with Gasteiger partial charge in [-0.2, -0.15) is 0 Å². The summed E-state index contributed by atoms with van der Waals surface area (Å²) in [4.78, 5) is 0. The zero-order chi connectivity index (χ0) is 15.3. The Morgan fingerprint density at radius 1 is 1.05 bits per heavy atom. The SMILES string of the molecule is CC(C)(C)C1CCC(O)C(CCCCc2ccccc2)C1. The molecular weight excluding hydrogens is 256 g/mol. The number of unbranched alkanes of at least 4 members (excludes halogenated alkanes) is 1. The summed E-state index contributed by atoms with van der Waals surface area (Å²) in [6.07, 6.45) is 8.22. The molecule has 0 spiro atoms. The van der Waals surface area contributed by atoms with Crippen molar-refractivity contribution in [2.24, 2.45) is 17.3 Å². The highest BCUT2D eigenvalue weighted by Gasteiger charge is 2.34. The zero-order valence-corrected chi connectivity index (χ0v) is 14.0.